The number of halogens is 3. The summed E-state index contributed by atoms with van der Waals surface area (Å²) in [5.74, 6) is 0.0566. The average Bonchev–Trinajstić information content (AvgIpc) is 2.37. The highest BCUT2D eigenvalue weighted by Crippen LogP contribution is 2.32. The molecular formula is C14H13Cl2FN2O. The molecule has 0 aliphatic rings. The maximum absolute atomic E-state index is 13.7. The van der Waals surface area contributed by atoms with Crippen LogP contribution in [0.3, 0.4) is 0 Å². The molecule has 0 saturated carbocycles. The fraction of sp³-hybridized carbons (Fsp3) is 0.286. The number of methoxy groups -OCH3 is 1. The third-order valence-corrected chi connectivity index (χ3v) is 3.42. The maximum atomic E-state index is 13.7. The van der Waals surface area contributed by atoms with Crippen molar-refractivity contribution in [3.05, 3.63) is 39.9 Å². The van der Waals surface area contributed by atoms with Gasteiger partial charge in [-0.15, -0.1) is 0 Å². The van der Waals surface area contributed by atoms with E-state index in [0.717, 1.165) is 0 Å². The van der Waals surface area contributed by atoms with E-state index in [2.05, 4.69) is 9.97 Å². The van der Waals surface area contributed by atoms with Crippen LogP contribution in [0.25, 0.3) is 11.4 Å². The van der Waals surface area contributed by atoms with Crippen LogP contribution < -0.4 is 4.74 Å². The predicted octanol–water partition coefficient (Wildman–Crippen LogP) is 4.72. The second-order valence-corrected chi connectivity index (χ2v) is 5.26. The zero-order chi connectivity index (χ0) is 14.9. The third-order valence-electron chi connectivity index (χ3n) is 2.84. The van der Waals surface area contributed by atoms with E-state index < -0.39 is 5.82 Å². The van der Waals surface area contributed by atoms with Crippen molar-refractivity contribution in [2.75, 3.05) is 7.11 Å². The Morgan fingerprint density at radius 1 is 1.15 bits per heavy atom. The minimum atomic E-state index is -0.492. The minimum absolute atomic E-state index is 0.108. The molecule has 0 radical (unpaired) electrons. The molecule has 3 nitrogen and oxygen atoms in total. The Balaban J connectivity index is 2.51. The number of aromatic nitrogens is 2. The zero-order valence-electron chi connectivity index (χ0n) is 11.2. The van der Waals surface area contributed by atoms with Gasteiger partial charge in [-0.1, -0.05) is 37.0 Å². The Morgan fingerprint density at radius 3 is 2.20 bits per heavy atom. The lowest BCUT2D eigenvalue weighted by Gasteiger charge is -2.11. The van der Waals surface area contributed by atoms with Crippen LogP contribution in [0.2, 0.25) is 10.3 Å². The molecule has 1 aromatic heterocycles. The van der Waals surface area contributed by atoms with E-state index in [1.165, 1.54) is 19.2 Å². The van der Waals surface area contributed by atoms with E-state index in [1.807, 2.05) is 13.8 Å². The van der Waals surface area contributed by atoms with Crippen LogP contribution in [0, 0.1) is 5.82 Å². The molecule has 0 amide bonds. The lowest BCUT2D eigenvalue weighted by Crippen LogP contribution is -1.99. The third kappa shape index (κ3) is 2.86. The first kappa shape index (κ1) is 15.0. The van der Waals surface area contributed by atoms with E-state index in [4.69, 9.17) is 27.9 Å². The van der Waals surface area contributed by atoms with Gasteiger partial charge in [0, 0.05) is 11.1 Å². The van der Waals surface area contributed by atoms with Gasteiger partial charge in [-0.2, -0.15) is 0 Å². The Kier molecular flexibility index (Phi) is 4.45. The average molecular weight is 315 g/mol. The molecule has 0 spiro atoms. The standard InChI is InChI=1S/C14H13Cl2FN2O/c1-7(2)11-12(15)18-14(19-13(11)16)8-4-5-10(20-3)9(17)6-8/h4-7H,1-3H3. The highest BCUT2D eigenvalue weighted by molar-refractivity contribution is 6.34. The van der Waals surface area contributed by atoms with Crippen LogP contribution in [-0.2, 0) is 0 Å². The lowest BCUT2D eigenvalue weighted by atomic mass is 10.1. The second-order valence-electron chi connectivity index (χ2n) is 4.55. The van der Waals surface area contributed by atoms with Crippen molar-refractivity contribution in [1.82, 2.24) is 9.97 Å². The van der Waals surface area contributed by atoms with Gasteiger partial charge in [0.05, 0.1) is 7.11 Å². The van der Waals surface area contributed by atoms with Crippen molar-refractivity contribution < 1.29 is 9.13 Å². The van der Waals surface area contributed by atoms with Gasteiger partial charge < -0.3 is 4.74 Å². The molecule has 6 heteroatoms. The van der Waals surface area contributed by atoms with Crippen LogP contribution in [0.1, 0.15) is 25.3 Å². The molecule has 1 heterocycles. The predicted molar refractivity (Wildman–Crippen MR) is 78.1 cm³/mol. The summed E-state index contributed by atoms with van der Waals surface area (Å²) in [6, 6.07) is 4.45. The Bertz CT molecular complexity index is 624. The maximum Gasteiger partial charge on any atom is 0.165 e. The van der Waals surface area contributed by atoms with Crippen molar-refractivity contribution >= 4 is 23.2 Å². The van der Waals surface area contributed by atoms with Crippen LogP contribution in [0.4, 0.5) is 4.39 Å². The molecule has 2 aromatic rings. The monoisotopic (exact) mass is 314 g/mol. The van der Waals surface area contributed by atoms with E-state index in [9.17, 15) is 4.39 Å². The van der Waals surface area contributed by atoms with Gasteiger partial charge in [-0.25, -0.2) is 14.4 Å². The van der Waals surface area contributed by atoms with E-state index in [1.54, 1.807) is 6.07 Å². The fourth-order valence-electron chi connectivity index (χ4n) is 1.83. The van der Waals surface area contributed by atoms with Gasteiger partial charge in [0.2, 0.25) is 0 Å². The normalized spacial score (nSPS) is 10.9. The molecule has 0 aliphatic heterocycles. The van der Waals surface area contributed by atoms with Crippen LogP contribution in [0.15, 0.2) is 18.2 Å². The lowest BCUT2D eigenvalue weighted by molar-refractivity contribution is 0.386. The first-order chi connectivity index (χ1) is 9.43. The number of hydrogen-bond donors (Lipinski definition) is 0. The molecule has 0 aliphatic carbocycles. The van der Waals surface area contributed by atoms with Gasteiger partial charge in [-0.05, 0) is 24.1 Å². The molecule has 0 N–H and O–H groups in total. The van der Waals surface area contributed by atoms with Crippen molar-refractivity contribution in [3.8, 4) is 17.1 Å². The smallest absolute Gasteiger partial charge is 0.165 e. The topological polar surface area (TPSA) is 35.0 Å². The molecule has 0 fully saturated rings. The fourth-order valence-corrected chi connectivity index (χ4v) is 2.65. The van der Waals surface area contributed by atoms with Crippen molar-refractivity contribution in [1.29, 1.82) is 0 Å². The Morgan fingerprint density at radius 2 is 1.75 bits per heavy atom. The molecular weight excluding hydrogens is 302 g/mol. The van der Waals surface area contributed by atoms with Gasteiger partial charge in [0.15, 0.2) is 17.4 Å². The second kappa shape index (κ2) is 5.94. The SMILES string of the molecule is COc1ccc(-c2nc(Cl)c(C(C)C)c(Cl)n2)cc1F. The van der Waals surface area contributed by atoms with Crippen LogP contribution >= 0.6 is 23.2 Å². The van der Waals surface area contributed by atoms with Gasteiger partial charge in [0.1, 0.15) is 10.3 Å². The summed E-state index contributed by atoms with van der Waals surface area (Å²) in [5, 5.41) is 0.567. The largest absolute Gasteiger partial charge is 0.494 e. The molecule has 1 aromatic carbocycles. The highest BCUT2D eigenvalue weighted by atomic mass is 35.5. The van der Waals surface area contributed by atoms with Crippen molar-refractivity contribution in [3.63, 3.8) is 0 Å². The summed E-state index contributed by atoms with van der Waals surface area (Å²) in [6.45, 7) is 3.90. The number of benzene rings is 1. The van der Waals surface area contributed by atoms with E-state index >= 15 is 0 Å². The number of rotatable bonds is 3. The molecule has 0 saturated heterocycles. The molecule has 20 heavy (non-hydrogen) atoms. The summed E-state index contributed by atoms with van der Waals surface area (Å²) in [7, 11) is 1.40. The Labute approximate surface area is 126 Å². The molecule has 2 rings (SSSR count). The van der Waals surface area contributed by atoms with E-state index in [0.29, 0.717) is 11.1 Å². The van der Waals surface area contributed by atoms with Crippen molar-refractivity contribution in [2.24, 2.45) is 0 Å². The molecule has 0 atom stereocenters. The highest BCUT2D eigenvalue weighted by Gasteiger charge is 2.16. The molecule has 0 bridgehead atoms. The number of hydrogen-bond acceptors (Lipinski definition) is 3. The quantitative estimate of drug-likeness (QED) is 0.769. The summed E-state index contributed by atoms with van der Waals surface area (Å²) in [4.78, 5) is 8.37. The van der Waals surface area contributed by atoms with Crippen LogP contribution in [-0.4, -0.2) is 17.1 Å². The first-order valence-electron chi connectivity index (χ1n) is 6.01. The summed E-state index contributed by atoms with van der Waals surface area (Å²) in [6.07, 6.45) is 0. The summed E-state index contributed by atoms with van der Waals surface area (Å²) in [5.41, 5.74) is 1.17. The van der Waals surface area contributed by atoms with Gasteiger partial charge in [-0.3, -0.25) is 0 Å². The number of nitrogens with zero attached hydrogens (tertiary/aromatic N) is 2. The first-order valence-corrected chi connectivity index (χ1v) is 6.76. The summed E-state index contributed by atoms with van der Waals surface area (Å²) >= 11 is 12.2. The van der Waals surface area contributed by atoms with Crippen LogP contribution in [0.5, 0.6) is 5.75 Å². The minimum Gasteiger partial charge on any atom is -0.494 e. The number of ether oxygens (including phenoxy) is 1. The Hall–Kier alpha value is -1.39. The zero-order valence-corrected chi connectivity index (χ0v) is 12.8. The van der Waals surface area contributed by atoms with E-state index in [-0.39, 0.29) is 27.8 Å². The van der Waals surface area contributed by atoms with Crippen molar-refractivity contribution in [2.45, 2.75) is 19.8 Å². The summed E-state index contributed by atoms with van der Waals surface area (Å²) < 4.78 is 18.6. The molecule has 106 valence electrons. The van der Waals surface area contributed by atoms with Gasteiger partial charge in [0.25, 0.3) is 0 Å². The van der Waals surface area contributed by atoms with Gasteiger partial charge >= 0.3 is 0 Å². The molecule has 0 unspecified atom stereocenters.